The van der Waals surface area contributed by atoms with Crippen LogP contribution in [0.5, 0.6) is 5.75 Å². The van der Waals surface area contributed by atoms with Crippen molar-refractivity contribution in [3.63, 3.8) is 0 Å². The summed E-state index contributed by atoms with van der Waals surface area (Å²) in [6, 6.07) is 13.2. The first-order chi connectivity index (χ1) is 11.4. The van der Waals surface area contributed by atoms with Gasteiger partial charge in [0.1, 0.15) is 5.75 Å². The van der Waals surface area contributed by atoms with Gasteiger partial charge in [-0.15, -0.1) is 0 Å². The summed E-state index contributed by atoms with van der Waals surface area (Å²) in [5.74, 6) is 0.528. The molecule has 3 nitrogen and oxygen atoms in total. The van der Waals surface area contributed by atoms with Crippen LogP contribution in [0.1, 0.15) is 43.0 Å². The smallest absolute Gasteiger partial charge is 0.261 e. The maximum Gasteiger partial charge on any atom is 0.261 e. The molecule has 0 bridgehead atoms. The number of rotatable bonds is 6. The highest BCUT2D eigenvalue weighted by Crippen LogP contribution is 2.20. The molecule has 0 unspecified atom stereocenters. The Balaban J connectivity index is 2.04. The van der Waals surface area contributed by atoms with Gasteiger partial charge in [-0.25, -0.2) is 0 Å². The predicted octanol–water partition coefficient (Wildman–Crippen LogP) is 4.99. The molecule has 1 amide bonds. The summed E-state index contributed by atoms with van der Waals surface area (Å²) in [5, 5.41) is 3.69. The van der Waals surface area contributed by atoms with Gasteiger partial charge in [0.2, 0.25) is 0 Å². The minimum absolute atomic E-state index is 0.0685. The largest absolute Gasteiger partial charge is 0.481 e. The summed E-state index contributed by atoms with van der Waals surface area (Å²) in [4.78, 5) is 12.5. The third-order valence-electron chi connectivity index (χ3n) is 4.01. The van der Waals surface area contributed by atoms with Crippen LogP contribution in [0.25, 0.3) is 0 Å². The van der Waals surface area contributed by atoms with Crippen LogP contribution in [-0.2, 0) is 4.79 Å². The second-order valence-electron chi connectivity index (χ2n) is 6.06. The van der Waals surface area contributed by atoms with E-state index in [0.29, 0.717) is 17.2 Å². The lowest BCUT2D eigenvalue weighted by molar-refractivity contribution is -0.128. The standard InChI is InChI=1S/C20H24ClNO2/c1-5-19(24-17-9-7-16(21)8-10-17)20(23)22-15(4)18-11-6-13(2)12-14(18)3/h6-12,15,19H,5H2,1-4H3,(H,22,23)/t15-,19+/m1/s1. The first kappa shape index (κ1) is 18.3. The average molecular weight is 346 g/mol. The molecule has 2 aromatic carbocycles. The highest BCUT2D eigenvalue weighted by molar-refractivity contribution is 6.30. The molecule has 2 rings (SSSR count). The maximum absolute atomic E-state index is 12.5. The topological polar surface area (TPSA) is 38.3 Å². The van der Waals surface area contributed by atoms with Gasteiger partial charge < -0.3 is 10.1 Å². The fraction of sp³-hybridized carbons (Fsp3) is 0.350. The van der Waals surface area contributed by atoms with E-state index in [4.69, 9.17) is 16.3 Å². The molecule has 0 aliphatic heterocycles. The molecule has 2 aromatic rings. The summed E-state index contributed by atoms with van der Waals surface area (Å²) in [6.45, 7) is 8.05. The lowest BCUT2D eigenvalue weighted by Crippen LogP contribution is -2.39. The van der Waals surface area contributed by atoms with Gasteiger partial charge in [0.25, 0.3) is 5.91 Å². The molecular formula is C20H24ClNO2. The number of carbonyl (C=O) groups is 1. The summed E-state index contributed by atoms with van der Waals surface area (Å²) >= 11 is 5.87. The quantitative estimate of drug-likeness (QED) is 0.800. The number of nitrogens with one attached hydrogen (secondary N) is 1. The SMILES string of the molecule is CC[C@H](Oc1ccc(Cl)cc1)C(=O)N[C@H](C)c1ccc(C)cc1C. The van der Waals surface area contributed by atoms with E-state index in [1.807, 2.05) is 13.8 Å². The van der Waals surface area contributed by atoms with Crippen LogP contribution in [-0.4, -0.2) is 12.0 Å². The van der Waals surface area contributed by atoms with Crippen LogP contribution in [0.15, 0.2) is 42.5 Å². The van der Waals surface area contributed by atoms with E-state index in [2.05, 4.69) is 37.4 Å². The zero-order valence-electron chi connectivity index (χ0n) is 14.6. The molecule has 2 atom stereocenters. The first-order valence-corrected chi connectivity index (χ1v) is 8.58. The number of carbonyl (C=O) groups excluding carboxylic acids is 1. The van der Waals surface area contributed by atoms with Crippen molar-refractivity contribution in [2.75, 3.05) is 0 Å². The number of hydrogen-bond donors (Lipinski definition) is 1. The lowest BCUT2D eigenvalue weighted by atomic mass is 10.00. The molecule has 0 heterocycles. The number of halogens is 1. The van der Waals surface area contributed by atoms with Crippen molar-refractivity contribution in [2.24, 2.45) is 0 Å². The van der Waals surface area contributed by atoms with Gasteiger partial charge in [0.05, 0.1) is 6.04 Å². The molecule has 4 heteroatoms. The second-order valence-corrected chi connectivity index (χ2v) is 6.50. The van der Waals surface area contributed by atoms with E-state index in [1.54, 1.807) is 24.3 Å². The Morgan fingerprint density at radius 2 is 1.83 bits per heavy atom. The van der Waals surface area contributed by atoms with Crippen molar-refractivity contribution < 1.29 is 9.53 Å². The van der Waals surface area contributed by atoms with Gasteiger partial charge in [0, 0.05) is 5.02 Å². The number of hydrogen-bond acceptors (Lipinski definition) is 2. The van der Waals surface area contributed by atoms with Crippen molar-refractivity contribution in [1.29, 1.82) is 0 Å². The van der Waals surface area contributed by atoms with E-state index >= 15 is 0 Å². The normalized spacial score (nSPS) is 13.2. The molecule has 0 aliphatic rings. The van der Waals surface area contributed by atoms with Crippen LogP contribution < -0.4 is 10.1 Å². The Morgan fingerprint density at radius 3 is 2.42 bits per heavy atom. The van der Waals surface area contributed by atoms with Crippen molar-refractivity contribution in [3.8, 4) is 5.75 Å². The summed E-state index contributed by atoms with van der Waals surface area (Å²) in [7, 11) is 0. The Morgan fingerprint density at radius 1 is 1.17 bits per heavy atom. The summed E-state index contributed by atoms with van der Waals surface area (Å²) < 4.78 is 5.80. The second kappa shape index (κ2) is 8.20. The Hall–Kier alpha value is -2.00. The number of benzene rings is 2. The molecule has 0 aromatic heterocycles. The van der Waals surface area contributed by atoms with Gasteiger partial charge in [-0.1, -0.05) is 42.3 Å². The van der Waals surface area contributed by atoms with Crippen molar-refractivity contribution in [2.45, 2.75) is 46.3 Å². The fourth-order valence-electron chi connectivity index (χ4n) is 2.70. The van der Waals surface area contributed by atoms with Crippen LogP contribution in [0.4, 0.5) is 0 Å². The molecule has 0 spiro atoms. The third kappa shape index (κ3) is 4.75. The van der Waals surface area contributed by atoms with E-state index in [1.165, 1.54) is 11.1 Å². The van der Waals surface area contributed by atoms with E-state index in [0.717, 1.165) is 5.56 Å². The average Bonchev–Trinajstić information content (AvgIpc) is 2.54. The van der Waals surface area contributed by atoms with Crippen LogP contribution >= 0.6 is 11.6 Å². The minimum atomic E-state index is -0.528. The van der Waals surface area contributed by atoms with Gasteiger partial charge in [0.15, 0.2) is 6.10 Å². The van der Waals surface area contributed by atoms with Crippen molar-refractivity contribution >= 4 is 17.5 Å². The molecule has 0 fully saturated rings. The van der Waals surface area contributed by atoms with Crippen LogP contribution in [0, 0.1) is 13.8 Å². The lowest BCUT2D eigenvalue weighted by Gasteiger charge is -2.22. The zero-order valence-corrected chi connectivity index (χ0v) is 15.4. The number of ether oxygens (including phenoxy) is 1. The van der Waals surface area contributed by atoms with Crippen LogP contribution in [0.3, 0.4) is 0 Å². The highest BCUT2D eigenvalue weighted by atomic mass is 35.5. The summed E-state index contributed by atoms with van der Waals surface area (Å²) in [6.07, 6.45) is 0.0630. The molecular weight excluding hydrogens is 322 g/mol. The Bertz CT molecular complexity index is 697. The maximum atomic E-state index is 12.5. The van der Waals surface area contributed by atoms with E-state index in [-0.39, 0.29) is 11.9 Å². The van der Waals surface area contributed by atoms with E-state index in [9.17, 15) is 4.79 Å². The molecule has 0 saturated carbocycles. The Labute approximate surface area is 149 Å². The van der Waals surface area contributed by atoms with E-state index < -0.39 is 6.10 Å². The van der Waals surface area contributed by atoms with Crippen molar-refractivity contribution in [1.82, 2.24) is 5.32 Å². The predicted molar refractivity (Wildman–Crippen MR) is 98.6 cm³/mol. The highest BCUT2D eigenvalue weighted by Gasteiger charge is 2.21. The van der Waals surface area contributed by atoms with Gasteiger partial charge >= 0.3 is 0 Å². The fourth-order valence-corrected chi connectivity index (χ4v) is 2.82. The van der Waals surface area contributed by atoms with Gasteiger partial charge in [-0.2, -0.15) is 0 Å². The molecule has 24 heavy (non-hydrogen) atoms. The minimum Gasteiger partial charge on any atom is -0.481 e. The third-order valence-corrected chi connectivity index (χ3v) is 4.26. The molecule has 0 radical (unpaired) electrons. The summed E-state index contributed by atoms with van der Waals surface area (Å²) in [5.41, 5.74) is 3.51. The number of aryl methyl sites for hydroxylation is 2. The zero-order chi connectivity index (χ0) is 17.7. The Kier molecular flexibility index (Phi) is 6.27. The molecule has 1 N–H and O–H groups in total. The monoisotopic (exact) mass is 345 g/mol. The van der Waals surface area contributed by atoms with Crippen LogP contribution in [0.2, 0.25) is 5.02 Å². The van der Waals surface area contributed by atoms with Gasteiger partial charge in [-0.3, -0.25) is 4.79 Å². The molecule has 128 valence electrons. The van der Waals surface area contributed by atoms with Crippen molar-refractivity contribution in [3.05, 3.63) is 64.2 Å². The van der Waals surface area contributed by atoms with Gasteiger partial charge in [-0.05, 0) is 62.6 Å². The molecule has 0 aliphatic carbocycles. The first-order valence-electron chi connectivity index (χ1n) is 8.20. The molecule has 0 saturated heterocycles. The number of amides is 1.